The third-order valence-corrected chi connectivity index (χ3v) is 4.24. The molecule has 1 aromatic carbocycles. The highest BCUT2D eigenvalue weighted by Gasteiger charge is 2.12. The first-order chi connectivity index (χ1) is 7.70. The molecule has 1 aromatic heterocycles. The number of hydrogen-bond donors (Lipinski definition) is 1. The van der Waals surface area contributed by atoms with Crippen LogP contribution in [-0.2, 0) is 6.42 Å². The maximum absolute atomic E-state index is 10.2. The summed E-state index contributed by atoms with van der Waals surface area (Å²) in [5, 5.41) is 10.2. The summed E-state index contributed by atoms with van der Waals surface area (Å²) in [5.41, 5.74) is 0.930. The summed E-state index contributed by atoms with van der Waals surface area (Å²) in [6.07, 6.45) is 0.512. The van der Waals surface area contributed by atoms with Crippen molar-refractivity contribution in [3.05, 3.63) is 56.2 Å². The average Bonchev–Trinajstić information content (AvgIpc) is 2.76. The van der Waals surface area contributed by atoms with E-state index in [1.807, 2.05) is 30.3 Å². The van der Waals surface area contributed by atoms with Crippen molar-refractivity contribution >= 4 is 27.3 Å². The minimum atomic E-state index is -0.511. The van der Waals surface area contributed by atoms with Crippen molar-refractivity contribution in [2.75, 3.05) is 0 Å². The Kier molecular flexibility index (Phi) is 3.79. The molecule has 0 radical (unpaired) electrons. The molecule has 84 valence electrons. The van der Waals surface area contributed by atoms with E-state index in [2.05, 4.69) is 28.9 Å². The molecule has 0 saturated heterocycles. The molecule has 0 fully saturated rings. The Morgan fingerprint density at radius 3 is 2.75 bits per heavy atom. The van der Waals surface area contributed by atoms with Gasteiger partial charge in [0.05, 0.1) is 0 Å². The number of halogens is 1. The maximum Gasteiger partial charge on any atom is 0.113 e. The van der Waals surface area contributed by atoms with Crippen LogP contribution in [0.15, 0.2) is 40.9 Å². The molecule has 1 nitrogen and oxygen atoms in total. The highest BCUT2D eigenvalue weighted by molar-refractivity contribution is 9.10. The largest absolute Gasteiger partial charge is 0.383 e. The molecule has 0 aliphatic carbocycles. The fraction of sp³-hybridized carbons (Fsp3) is 0.231. The Labute approximate surface area is 108 Å². The van der Waals surface area contributed by atoms with Gasteiger partial charge in [0.25, 0.3) is 0 Å². The van der Waals surface area contributed by atoms with E-state index in [9.17, 15) is 5.11 Å². The van der Waals surface area contributed by atoms with Gasteiger partial charge in [0.1, 0.15) is 6.10 Å². The lowest BCUT2D eigenvalue weighted by molar-refractivity contribution is 0.224. The monoisotopic (exact) mass is 296 g/mol. The zero-order valence-electron chi connectivity index (χ0n) is 8.98. The van der Waals surface area contributed by atoms with Gasteiger partial charge in [-0.3, -0.25) is 0 Å². The van der Waals surface area contributed by atoms with Crippen LogP contribution < -0.4 is 0 Å². The second kappa shape index (κ2) is 5.13. The van der Waals surface area contributed by atoms with Crippen LogP contribution in [0.2, 0.25) is 0 Å². The molecule has 2 aromatic rings. The number of thiophene rings is 1. The zero-order chi connectivity index (χ0) is 11.5. The van der Waals surface area contributed by atoms with Gasteiger partial charge in [0.2, 0.25) is 0 Å². The lowest BCUT2D eigenvalue weighted by Gasteiger charge is -2.08. The molecule has 0 aliphatic rings. The van der Waals surface area contributed by atoms with Crippen LogP contribution >= 0.6 is 27.3 Å². The van der Waals surface area contributed by atoms with Crippen molar-refractivity contribution in [2.24, 2.45) is 0 Å². The van der Waals surface area contributed by atoms with Gasteiger partial charge in [-0.05, 0) is 36.2 Å². The van der Waals surface area contributed by atoms with E-state index >= 15 is 0 Å². The number of benzene rings is 1. The predicted octanol–water partition coefficient (Wildman–Crippen LogP) is 4.15. The van der Waals surface area contributed by atoms with Crippen LogP contribution in [0.3, 0.4) is 0 Å². The van der Waals surface area contributed by atoms with Crippen LogP contribution in [-0.4, -0.2) is 5.11 Å². The summed E-state index contributed by atoms with van der Waals surface area (Å²) in [5.74, 6) is 0. The lowest BCUT2D eigenvalue weighted by Crippen LogP contribution is -1.96. The molecular formula is C13H13BrOS. The van der Waals surface area contributed by atoms with E-state index in [1.165, 1.54) is 4.88 Å². The minimum absolute atomic E-state index is 0.511. The van der Waals surface area contributed by atoms with E-state index in [4.69, 9.17) is 0 Å². The van der Waals surface area contributed by atoms with Crippen molar-refractivity contribution in [2.45, 2.75) is 19.4 Å². The van der Waals surface area contributed by atoms with Gasteiger partial charge in [-0.2, -0.15) is 0 Å². The van der Waals surface area contributed by atoms with Crippen molar-refractivity contribution < 1.29 is 5.11 Å². The maximum atomic E-state index is 10.2. The molecule has 1 heterocycles. The fourth-order valence-corrected chi connectivity index (χ4v) is 2.96. The van der Waals surface area contributed by atoms with Gasteiger partial charge in [0, 0.05) is 14.2 Å². The summed E-state index contributed by atoms with van der Waals surface area (Å²) < 4.78 is 0.997. The molecule has 0 aliphatic heterocycles. The number of aliphatic hydroxyl groups is 1. The normalized spacial score (nSPS) is 12.7. The minimum Gasteiger partial charge on any atom is -0.383 e. The van der Waals surface area contributed by atoms with E-state index in [0.717, 1.165) is 21.3 Å². The summed E-state index contributed by atoms with van der Waals surface area (Å²) >= 11 is 5.09. The van der Waals surface area contributed by atoms with Crippen molar-refractivity contribution in [1.29, 1.82) is 0 Å². The van der Waals surface area contributed by atoms with Crippen molar-refractivity contribution in [1.82, 2.24) is 0 Å². The molecule has 0 amide bonds. The van der Waals surface area contributed by atoms with Gasteiger partial charge in [-0.1, -0.05) is 35.0 Å². The molecule has 16 heavy (non-hydrogen) atoms. The number of aryl methyl sites for hydroxylation is 1. The fourth-order valence-electron chi connectivity index (χ4n) is 1.57. The number of hydrogen-bond acceptors (Lipinski definition) is 2. The van der Waals surface area contributed by atoms with Gasteiger partial charge in [-0.15, -0.1) is 11.3 Å². The van der Waals surface area contributed by atoms with Crippen molar-refractivity contribution in [3.8, 4) is 0 Å². The third-order valence-electron chi connectivity index (χ3n) is 2.46. The quantitative estimate of drug-likeness (QED) is 0.902. The third kappa shape index (κ3) is 2.54. The van der Waals surface area contributed by atoms with Crippen LogP contribution in [0.1, 0.15) is 28.3 Å². The van der Waals surface area contributed by atoms with Gasteiger partial charge in [0.15, 0.2) is 0 Å². The smallest absolute Gasteiger partial charge is 0.113 e. The van der Waals surface area contributed by atoms with Gasteiger partial charge >= 0.3 is 0 Å². The van der Waals surface area contributed by atoms with Gasteiger partial charge < -0.3 is 5.11 Å². The molecular weight excluding hydrogens is 284 g/mol. The summed E-state index contributed by atoms with van der Waals surface area (Å²) in [6, 6.07) is 11.9. The van der Waals surface area contributed by atoms with E-state index in [0.29, 0.717) is 0 Å². The van der Waals surface area contributed by atoms with Crippen LogP contribution in [0.5, 0.6) is 0 Å². The predicted molar refractivity (Wildman–Crippen MR) is 71.9 cm³/mol. The van der Waals surface area contributed by atoms with Gasteiger partial charge in [-0.25, -0.2) is 0 Å². The molecule has 2 rings (SSSR count). The van der Waals surface area contributed by atoms with E-state index < -0.39 is 6.10 Å². The Morgan fingerprint density at radius 2 is 2.12 bits per heavy atom. The average molecular weight is 297 g/mol. The molecule has 1 atom stereocenters. The Hall–Kier alpha value is -0.640. The Morgan fingerprint density at radius 1 is 1.31 bits per heavy atom. The SMILES string of the molecule is CCc1ccc([C@H](O)c2cccc(Br)c2)s1. The molecule has 1 N–H and O–H groups in total. The lowest BCUT2D eigenvalue weighted by atomic mass is 10.1. The molecule has 0 spiro atoms. The van der Waals surface area contributed by atoms with Crippen LogP contribution in [0.4, 0.5) is 0 Å². The number of aliphatic hydroxyl groups excluding tert-OH is 1. The molecule has 0 bridgehead atoms. The van der Waals surface area contributed by atoms with Crippen molar-refractivity contribution in [3.63, 3.8) is 0 Å². The van der Waals surface area contributed by atoms with E-state index in [1.54, 1.807) is 11.3 Å². The summed E-state index contributed by atoms with van der Waals surface area (Å²) in [7, 11) is 0. The standard InChI is InChI=1S/C13H13BrOS/c1-2-11-6-7-12(16-11)13(15)9-4-3-5-10(14)8-9/h3-8,13,15H,2H2,1H3/t13-/m1/s1. The first-order valence-electron chi connectivity index (χ1n) is 5.23. The zero-order valence-corrected chi connectivity index (χ0v) is 11.4. The van der Waals surface area contributed by atoms with E-state index in [-0.39, 0.29) is 0 Å². The molecule has 0 saturated carbocycles. The highest BCUT2D eigenvalue weighted by Crippen LogP contribution is 2.29. The highest BCUT2D eigenvalue weighted by atomic mass is 79.9. The second-order valence-corrected chi connectivity index (χ2v) is 5.73. The summed E-state index contributed by atoms with van der Waals surface area (Å²) in [4.78, 5) is 2.32. The Bertz CT molecular complexity index is 478. The first-order valence-corrected chi connectivity index (χ1v) is 6.83. The van der Waals surface area contributed by atoms with Crippen LogP contribution in [0.25, 0.3) is 0 Å². The number of rotatable bonds is 3. The topological polar surface area (TPSA) is 20.2 Å². The molecule has 3 heteroatoms. The summed E-state index contributed by atoms with van der Waals surface area (Å²) in [6.45, 7) is 2.13. The van der Waals surface area contributed by atoms with Crippen LogP contribution in [0, 0.1) is 0 Å². The molecule has 0 unspecified atom stereocenters. The Balaban J connectivity index is 2.27. The second-order valence-electron chi connectivity index (χ2n) is 3.62. The first kappa shape index (κ1) is 11.8.